The second-order valence-corrected chi connectivity index (χ2v) is 10.3. The Labute approximate surface area is 211 Å². The highest BCUT2D eigenvalue weighted by atomic mass is 16.6. The zero-order valence-corrected chi connectivity index (χ0v) is 20.6. The molecule has 36 heavy (non-hydrogen) atoms. The number of nitro benzene ring substituents is 1. The number of rotatable bonds is 5. The number of hydrogen-bond donors (Lipinski definition) is 1. The average molecular weight is 491 g/mol. The fraction of sp³-hybridized carbons (Fsp3) is 0.500. The number of carbonyl (C=O) groups excluding carboxylic acids is 2. The van der Waals surface area contributed by atoms with E-state index in [1.54, 1.807) is 0 Å². The molecule has 190 valence electrons. The molecule has 0 saturated carbocycles. The van der Waals surface area contributed by atoms with E-state index in [1.807, 2.05) is 4.90 Å². The first kappa shape index (κ1) is 24.4. The molecule has 2 fully saturated rings. The first-order valence-corrected chi connectivity index (χ1v) is 13.2. The van der Waals surface area contributed by atoms with Crippen LogP contribution in [0.5, 0.6) is 0 Å². The third kappa shape index (κ3) is 5.28. The lowest BCUT2D eigenvalue weighted by Crippen LogP contribution is -2.50. The summed E-state index contributed by atoms with van der Waals surface area (Å²) in [4.78, 5) is 40.6. The van der Waals surface area contributed by atoms with Gasteiger partial charge in [-0.2, -0.15) is 0 Å². The van der Waals surface area contributed by atoms with Crippen LogP contribution >= 0.6 is 0 Å². The Kier molecular flexibility index (Phi) is 7.32. The molecule has 2 saturated heterocycles. The molecule has 0 radical (unpaired) electrons. The van der Waals surface area contributed by atoms with E-state index in [0.29, 0.717) is 24.7 Å². The van der Waals surface area contributed by atoms with Crippen molar-refractivity contribution >= 4 is 17.5 Å². The number of hydrogen-bond acceptors (Lipinski definition) is 5. The maximum atomic E-state index is 13.1. The summed E-state index contributed by atoms with van der Waals surface area (Å²) < 4.78 is 0. The Bertz CT molecular complexity index is 1100. The number of nitro groups is 1. The van der Waals surface area contributed by atoms with Crippen molar-refractivity contribution in [2.45, 2.75) is 57.0 Å². The van der Waals surface area contributed by atoms with Crippen molar-refractivity contribution in [2.24, 2.45) is 5.92 Å². The van der Waals surface area contributed by atoms with Crippen LogP contribution in [0.4, 0.5) is 5.69 Å². The van der Waals surface area contributed by atoms with Gasteiger partial charge in [0, 0.05) is 42.7 Å². The number of amides is 2. The Balaban J connectivity index is 1.08. The number of fused-ring (bicyclic) bond motifs is 1. The smallest absolute Gasteiger partial charge is 0.269 e. The summed E-state index contributed by atoms with van der Waals surface area (Å²) in [7, 11) is 0. The van der Waals surface area contributed by atoms with Crippen LogP contribution in [-0.2, 0) is 11.2 Å². The summed E-state index contributed by atoms with van der Waals surface area (Å²) in [6.07, 6.45) is 6.80. The Morgan fingerprint density at radius 3 is 2.28 bits per heavy atom. The molecule has 8 nitrogen and oxygen atoms in total. The highest BCUT2D eigenvalue weighted by molar-refractivity contribution is 5.94. The van der Waals surface area contributed by atoms with E-state index in [4.69, 9.17) is 0 Å². The Morgan fingerprint density at radius 2 is 1.58 bits per heavy atom. The van der Waals surface area contributed by atoms with Gasteiger partial charge >= 0.3 is 0 Å². The molecular weight excluding hydrogens is 456 g/mol. The lowest BCUT2D eigenvalue weighted by Gasteiger charge is -2.41. The van der Waals surface area contributed by atoms with Gasteiger partial charge in [-0.25, -0.2) is 0 Å². The number of aryl methyl sites for hydroxylation is 1. The van der Waals surface area contributed by atoms with Crippen molar-refractivity contribution < 1.29 is 14.5 Å². The zero-order valence-electron chi connectivity index (χ0n) is 20.6. The van der Waals surface area contributed by atoms with Crippen LogP contribution in [-0.4, -0.2) is 58.8 Å². The monoisotopic (exact) mass is 490 g/mol. The molecule has 5 rings (SSSR count). The summed E-state index contributed by atoms with van der Waals surface area (Å²) in [5.74, 6) is 0.196. The molecule has 1 aliphatic carbocycles. The molecule has 2 heterocycles. The van der Waals surface area contributed by atoms with E-state index >= 15 is 0 Å². The Hall–Kier alpha value is -3.26. The van der Waals surface area contributed by atoms with E-state index in [2.05, 4.69) is 34.5 Å². The van der Waals surface area contributed by atoms with E-state index < -0.39 is 4.92 Å². The number of carbonyl (C=O) groups is 2. The lowest BCUT2D eigenvalue weighted by molar-refractivity contribution is -0.384. The molecule has 3 aliphatic rings. The van der Waals surface area contributed by atoms with E-state index in [-0.39, 0.29) is 29.5 Å². The number of nitrogens with one attached hydrogen (secondary N) is 1. The zero-order chi connectivity index (χ0) is 25.1. The first-order valence-electron chi connectivity index (χ1n) is 13.2. The highest BCUT2D eigenvalue weighted by Gasteiger charge is 2.33. The molecule has 1 N–H and O–H groups in total. The van der Waals surface area contributed by atoms with E-state index in [0.717, 1.165) is 58.0 Å². The topological polar surface area (TPSA) is 95.8 Å². The van der Waals surface area contributed by atoms with Gasteiger partial charge in [0.1, 0.15) is 0 Å². The molecule has 0 aromatic heterocycles. The SMILES string of the molecule is O=C(NC1CCCc2ccccc21)C1CCN(C2CCN(C(=O)c3ccc([N+](=O)[O-])cc3)CC2)CC1. The molecular formula is C28H34N4O4. The maximum Gasteiger partial charge on any atom is 0.269 e. The predicted molar refractivity (Wildman–Crippen MR) is 137 cm³/mol. The van der Waals surface area contributed by atoms with Gasteiger partial charge in [0.15, 0.2) is 0 Å². The van der Waals surface area contributed by atoms with Gasteiger partial charge in [0.2, 0.25) is 5.91 Å². The van der Waals surface area contributed by atoms with Crippen LogP contribution in [0.1, 0.15) is 66.1 Å². The second-order valence-electron chi connectivity index (χ2n) is 10.3. The summed E-state index contributed by atoms with van der Waals surface area (Å²) in [6.45, 7) is 3.20. The fourth-order valence-electron chi connectivity index (χ4n) is 6.06. The third-order valence-electron chi connectivity index (χ3n) is 8.18. The molecule has 2 amide bonds. The van der Waals surface area contributed by atoms with Gasteiger partial charge in [-0.15, -0.1) is 0 Å². The quantitative estimate of drug-likeness (QED) is 0.503. The van der Waals surface area contributed by atoms with Gasteiger partial charge in [-0.3, -0.25) is 19.7 Å². The van der Waals surface area contributed by atoms with Gasteiger partial charge in [-0.05, 0) is 81.3 Å². The minimum Gasteiger partial charge on any atom is -0.349 e. The molecule has 0 spiro atoms. The second kappa shape index (κ2) is 10.8. The largest absolute Gasteiger partial charge is 0.349 e. The van der Waals surface area contributed by atoms with Crippen LogP contribution in [0.25, 0.3) is 0 Å². The first-order chi connectivity index (χ1) is 17.5. The third-order valence-corrected chi connectivity index (χ3v) is 8.18. The number of piperidine rings is 2. The molecule has 2 aliphatic heterocycles. The van der Waals surface area contributed by atoms with Crippen molar-refractivity contribution in [3.8, 4) is 0 Å². The van der Waals surface area contributed by atoms with Crippen LogP contribution in [0.3, 0.4) is 0 Å². The normalized spacial score (nSPS) is 21.6. The molecule has 8 heteroatoms. The van der Waals surface area contributed by atoms with Crippen LogP contribution in [0, 0.1) is 16.0 Å². The van der Waals surface area contributed by atoms with Gasteiger partial charge in [-0.1, -0.05) is 24.3 Å². The fourth-order valence-corrected chi connectivity index (χ4v) is 6.06. The summed E-state index contributed by atoms with van der Waals surface area (Å²) in [5, 5.41) is 14.2. The van der Waals surface area contributed by atoms with Crippen molar-refractivity contribution in [1.82, 2.24) is 15.1 Å². The van der Waals surface area contributed by atoms with E-state index in [9.17, 15) is 19.7 Å². The maximum absolute atomic E-state index is 13.1. The lowest BCUT2D eigenvalue weighted by atomic mass is 9.86. The van der Waals surface area contributed by atoms with Gasteiger partial charge in [0.25, 0.3) is 11.6 Å². The molecule has 2 aromatic rings. The number of nitrogens with zero attached hydrogens (tertiary/aromatic N) is 3. The summed E-state index contributed by atoms with van der Waals surface area (Å²) >= 11 is 0. The summed E-state index contributed by atoms with van der Waals surface area (Å²) in [6, 6.07) is 14.9. The van der Waals surface area contributed by atoms with Crippen LogP contribution in [0.15, 0.2) is 48.5 Å². The Morgan fingerprint density at radius 1 is 0.889 bits per heavy atom. The van der Waals surface area contributed by atoms with Crippen molar-refractivity contribution in [2.75, 3.05) is 26.2 Å². The van der Waals surface area contributed by atoms with Crippen LogP contribution < -0.4 is 5.32 Å². The number of benzene rings is 2. The molecule has 1 unspecified atom stereocenters. The molecule has 0 bridgehead atoms. The number of non-ortho nitro benzene ring substituents is 1. The highest BCUT2D eigenvalue weighted by Crippen LogP contribution is 2.31. The summed E-state index contributed by atoms with van der Waals surface area (Å²) in [5.41, 5.74) is 3.13. The average Bonchev–Trinajstić information content (AvgIpc) is 2.93. The number of likely N-dealkylation sites (tertiary alicyclic amines) is 2. The van der Waals surface area contributed by atoms with Crippen molar-refractivity contribution in [3.05, 3.63) is 75.3 Å². The van der Waals surface area contributed by atoms with Crippen molar-refractivity contribution in [1.29, 1.82) is 0 Å². The van der Waals surface area contributed by atoms with Gasteiger partial charge in [0.05, 0.1) is 11.0 Å². The minimum atomic E-state index is -0.457. The van der Waals surface area contributed by atoms with Crippen LogP contribution in [0.2, 0.25) is 0 Å². The minimum absolute atomic E-state index is 0.00843. The van der Waals surface area contributed by atoms with Crippen molar-refractivity contribution in [3.63, 3.8) is 0 Å². The predicted octanol–water partition coefficient (Wildman–Crippen LogP) is 4.11. The van der Waals surface area contributed by atoms with E-state index in [1.165, 1.54) is 35.4 Å². The standard InChI is InChI=1S/C28H34N4O4/c33-27(29-26-7-3-5-20-4-1-2-6-25(20)26)21-12-16-30(17-13-21)23-14-18-31(19-15-23)28(34)22-8-10-24(11-9-22)32(35)36/h1-2,4,6,8-11,21,23,26H,3,5,7,12-19H2,(H,29,33). The van der Waals surface area contributed by atoms with Gasteiger partial charge < -0.3 is 15.1 Å². The molecule has 2 aromatic carbocycles. The molecule has 1 atom stereocenters.